The van der Waals surface area contributed by atoms with Crippen LogP contribution in [-0.4, -0.2) is 46.2 Å². The van der Waals surface area contributed by atoms with Gasteiger partial charge in [0.05, 0.1) is 11.0 Å². The molecule has 0 radical (unpaired) electrons. The largest absolute Gasteiger partial charge is 0.478 e. The van der Waals surface area contributed by atoms with Crippen LogP contribution in [0.4, 0.5) is 0 Å². The van der Waals surface area contributed by atoms with E-state index in [4.69, 9.17) is 5.11 Å². The van der Waals surface area contributed by atoms with E-state index in [9.17, 15) is 14.7 Å². The minimum atomic E-state index is -1.04. The van der Waals surface area contributed by atoms with Crippen LogP contribution in [0.3, 0.4) is 0 Å². The van der Waals surface area contributed by atoms with Gasteiger partial charge in [-0.25, -0.2) is 4.79 Å². The number of aliphatic hydroxyl groups excluding tert-OH is 1. The second-order valence-corrected chi connectivity index (χ2v) is 5.34. The molecule has 0 bridgehead atoms. The lowest BCUT2D eigenvalue weighted by atomic mass is 10.1. The van der Waals surface area contributed by atoms with Crippen molar-refractivity contribution < 1.29 is 19.8 Å². The zero-order valence-electron chi connectivity index (χ0n) is 10.3. The molecular formula is C13H15NO4S. The van der Waals surface area contributed by atoms with Gasteiger partial charge in [0, 0.05) is 19.2 Å². The van der Waals surface area contributed by atoms with Crippen molar-refractivity contribution >= 4 is 29.3 Å². The lowest BCUT2D eigenvalue weighted by Crippen LogP contribution is -2.42. The highest BCUT2D eigenvalue weighted by Gasteiger charge is 2.24. The lowest BCUT2D eigenvalue weighted by molar-refractivity contribution is -0.131. The number of carboxylic acids is 1. The van der Waals surface area contributed by atoms with Gasteiger partial charge < -0.3 is 15.1 Å². The summed E-state index contributed by atoms with van der Waals surface area (Å²) in [6.45, 7) is 0.981. The van der Waals surface area contributed by atoms with E-state index in [1.165, 1.54) is 17.4 Å². The first kappa shape index (κ1) is 13.8. The smallest absolute Gasteiger partial charge is 0.328 e. The number of likely N-dealkylation sites (tertiary alicyclic amines) is 1. The summed E-state index contributed by atoms with van der Waals surface area (Å²) in [5.41, 5.74) is 0.609. The molecule has 1 unspecified atom stereocenters. The Bertz CT molecular complexity index is 508. The topological polar surface area (TPSA) is 77.8 Å². The molecule has 0 saturated carbocycles. The third-order valence-corrected chi connectivity index (χ3v) is 3.90. The molecule has 1 atom stereocenters. The third-order valence-electron chi connectivity index (χ3n) is 2.98. The molecule has 1 fully saturated rings. The molecule has 2 N–H and O–H groups in total. The van der Waals surface area contributed by atoms with Crippen LogP contribution < -0.4 is 0 Å². The van der Waals surface area contributed by atoms with Gasteiger partial charge in [-0.3, -0.25) is 4.79 Å². The molecule has 1 aromatic heterocycles. The number of rotatable bonds is 3. The Hall–Kier alpha value is -1.66. The number of aliphatic carboxylic acids is 1. The predicted molar refractivity (Wildman–Crippen MR) is 72.1 cm³/mol. The van der Waals surface area contributed by atoms with Crippen LogP contribution in [0.2, 0.25) is 0 Å². The summed E-state index contributed by atoms with van der Waals surface area (Å²) >= 11 is 1.29. The Morgan fingerprint density at radius 1 is 1.47 bits per heavy atom. The second-order valence-electron chi connectivity index (χ2n) is 4.42. The highest BCUT2D eigenvalue weighted by atomic mass is 32.1. The molecule has 1 aromatic rings. The predicted octanol–water partition coefficient (Wildman–Crippen LogP) is 1.44. The number of thiophene rings is 1. The van der Waals surface area contributed by atoms with Gasteiger partial charge >= 0.3 is 5.97 Å². The van der Waals surface area contributed by atoms with Crippen molar-refractivity contribution in [2.75, 3.05) is 13.1 Å². The van der Waals surface area contributed by atoms with Gasteiger partial charge in [0.2, 0.25) is 0 Å². The number of carboxylic acid groups (broad SMARTS) is 1. The molecule has 0 aliphatic carbocycles. The molecule has 1 saturated heterocycles. The van der Waals surface area contributed by atoms with Crippen molar-refractivity contribution in [2.45, 2.75) is 18.9 Å². The fraction of sp³-hybridized carbons (Fsp3) is 0.385. The number of carbonyl (C=O) groups excluding carboxylic acids is 1. The van der Waals surface area contributed by atoms with E-state index in [1.54, 1.807) is 16.3 Å². The zero-order chi connectivity index (χ0) is 13.8. The van der Waals surface area contributed by atoms with Crippen molar-refractivity contribution in [1.29, 1.82) is 0 Å². The molecular weight excluding hydrogens is 266 g/mol. The van der Waals surface area contributed by atoms with Gasteiger partial charge in [-0.1, -0.05) is 0 Å². The maximum Gasteiger partial charge on any atom is 0.328 e. The summed E-state index contributed by atoms with van der Waals surface area (Å²) in [6, 6.07) is 1.72. The molecule has 1 aliphatic rings. The molecule has 2 heterocycles. The average molecular weight is 281 g/mol. The van der Waals surface area contributed by atoms with E-state index >= 15 is 0 Å². The second kappa shape index (κ2) is 5.99. The summed E-state index contributed by atoms with van der Waals surface area (Å²) < 4.78 is 0. The minimum absolute atomic E-state index is 0.140. The first-order valence-electron chi connectivity index (χ1n) is 6.04. The first-order valence-corrected chi connectivity index (χ1v) is 6.91. The Kier molecular flexibility index (Phi) is 4.34. The lowest BCUT2D eigenvalue weighted by Gasteiger charge is -2.29. The monoisotopic (exact) mass is 281 g/mol. The summed E-state index contributed by atoms with van der Waals surface area (Å²) in [4.78, 5) is 25.0. The fourth-order valence-corrected chi connectivity index (χ4v) is 2.92. The maximum atomic E-state index is 12.3. The van der Waals surface area contributed by atoms with Crippen molar-refractivity contribution in [3.63, 3.8) is 0 Å². The van der Waals surface area contributed by atoms with Gasteiger partial charge in [0.1, 0.15) is 0 Å². The van der Waals surface area contributed by atoms with Crippen LogP contribution in [-0.2, 0) is 4.79 Å². The normalized spacial score (nSPS) is 19.8. The Balaban J connectivity index is 2.15. The van der Waals surface area contributed by atoms with E-state index in [2.05, 4.69) is 0 Å². The quantitative estimate of drug-likeness (QED) is 0.822. The molecule has 2 rings (SSSR count). The van der Waals surface area contributed by atoms with Crippen molar-refractivity contribution in [1.82, 2.24) is 4.90 Å². The molecule has 6 heteroatoms. The number of nitrogens with zero attached hydrogens (tertiary/aromatic N) is 1. The highest BCUT2D eigenvalue weighted by Crippen LogP contribution is 2.22. The van der Waals surface area contributed by atoms with Crippen molar-refractivity contribution in [3.05, 3.63) is 28.0 Å². The van der Waals surface area contributed by atoms with Crippen LogP contribution in [0.15, 0.2) is 17.5 Å². The standard InChI is InChI=1S/C13H15NO4S/c15-10-2-1-6-14(8-10)13(18)12-9(5-7-19-12)3-4-11(16)17/h3-5,7,10,15H,1-2,6,8H2,(H,16,17). The number of carbonyl (C=O) groups is 2. The van der Waals surface area contributed by atoms with Gasteiger partial charge in [0.25, 0.3) is 5.91 Å². The number of piperidine rings is 1. The number of aliphatic hydroxyl groups is 1. The Morgan fingerprint density at radius 2 is 2.26 bits per heavy atom. The SMILES string of the molecule is O=C(O)C=Cc1ccsc1C(=O)N1CCCC(O)C1. The number of hydrogen-bond donors (Lipinski definition) is 2. The van der Waals surface area contributed by atoms with Crippen LogP contribution in [0.5, 0.6) is 0 Å². The maximum absolute atomic E-state index is 12.3. The fourth-order valence-electron chi connectivity index (χ4n) is 2.07. The molecule has 19 heavy (non-hydrogen) atoms. The van der Waals surface area contributed by atoms with Gasteiger partial charge in [-0.2, -0.15) is 0 Å². The number of hydrogen-bond acceptors (Lipinski definition) is 4. The average Bonchev–Trinajstić information content (AvgIpc) is 2.83. The van der Waals surface area contributed by atoms with E-state index < -0.39 is 12.1 Å². The van der Waals surface area contributed by atoms with E-state index in [1.807, 2.05) is 0 Å². The molecule has 1 aliphatic heterocycles. The zero-order valence-corrected chi connectivity index (χ0v) is 11.1. The number of β-amino-alcohol motifs (C(OH)–C–C–N with tert-alkyl or cyclic N) is 1. The Labute approximate surface area is 114 Å². The summed E-state index contributed by atoms with van der Waals surface area (Å²) in [6.07, 6.45) is 3.49. The minimum Gasteiger partial charge on any atom is -0.478 e. The third kappa shape index (κ3) is 3.42. The summed E-state index contributed by atoms with van der Waals surface area (Å²) in [5, 5.41) is 20.0. The summed E-state index contributed by atoms with van der Waals surface area (Å²) in [7, 11) is 0. The van der Waals surface area contributed by atoms with Crippen LogP contribution in [0.25, 0.3) is 6.08 Å². The van der Waals surface area contributed by atoms with Crippen molar-refractivity contribution in [2.24, 2.45) is 0 Å². The van der Waals surface area contributed by atoms with Gasteiger partial charge in [0.15, 0.2) is 0 Å². The van der Waals surface area contributed by atoms with Crippen molar-refractivity contribution in [3.8, 4) is 0 Å². The van der Waals surface area contributed by atoms with E-state index in [0.29, 0.717) is 23.5 Å². The summed E-state index contributed by atoms with van der Waals surface area (Å²) in [5.74, 6) is -1.18. The van der Waals surface area contributed by atoms with Crippen LogP contribution >= 0.6 is 11.3 Å². The molecule has 1 amide bonds. The molecule has 5 nitrogen and oxygen atoms in total. The van der Waals surface area contributed by atoms with Gasteiger partial charge in [-0.05, 0) is 35.9 Å². The highest BCUT2D eigenvalue weighted by molar-refractivity contribution is 7.12. The molecule has 0 aromatic carbocycles. The Morgan fingerprint density at radius 3 is 2.95 bits per heavy atom. The van der Waals surface area contributed by atoms with Crippen LogP contribution in [0, 0.1) is 0 Å². The van der Waals surface area contributed by atoms with Gasteiger partial charge in [-0.15, -0.1) is 11.3 Å². The number of amides is 1. The molecule has 0 spiro atoms. The van der Waals surface area contributed by atoms with E-state index in [0.717, 1.165) is 18.9 Å². The van der Waals surface area contributed by atoms with E-state index in [-0.39, 0.29) is 5.91 Å². The first-order chi connectivity index (χ1) is 9.08. The van der Waals surface area contributed by atoms with Crippen LogP contribution in [0.1, 0.15) is 28.1 Å². The molecule has 102 valence electrons.